The van der Waals surface area contributed by atoms with Crippen LogP contribution in [0.15, 0.2) is 52.3 Å². The number of rotatable bonds is 6. The van der Waals surface area contributed by atoms with Crippen molar-refractivity contribution < 1.29 is 4.79 Å². The third-order valence-corrected chi connectivity index (χ3v) is 5.67. The van der Waals surface area contributed by atoms with Gasteiger partial charge in [-0.25, -0.2) is 4.98 Å². The Morgan fingerprint density at radius 2 is 2.16 bits per heavy atom. The van der Waals surface area contributed by atoms with Gasteiger partial charge >= 0.3 is 0 Å². The van der Waals surface area contributed by atoms with Crippen molar-refractivity contribution in [2.24, 2.45) is 0 Å². The molecule has 0 atom stereocenters. The molecule has 0 aliphatic heterocycles. The van der Waals surface area contributed by atoms with Crippen LogP contribution in [0.25, 0.3) is 10.2 Å². The lowest BCUT2D eigenvalue weighted by molar-refractivity contribution is 0.102. The Hall–Kier alpha value is -2.18. The number of fused-ring (bicyclic) bond motifs is 1. The summed E-state index contributed by atoms with van der Waals surface area (Å²) in [5, 5.41) is 3.02. The first-order chi connectivity index (χ1) is 12.0. The molecule has 6 heteroatoms. The number of allylic oxidation sites excluding steroid dienone is 1. The molecule has 0 N–H and O–H groups in total. The number of benzene rings is 1. The number of thiophene rings is 1. The normalized spacial score (nSPS) is 11.0. The minimum Gasteiger partial charge on any atom is -0.293 e. The van der Waals surface area contributed by atoms with Crippen LogP contribution in [-0.2, 0) is 6.54 Å². The lowest BCUT2D eigenvalue weighted by atomic mass is 10.0. The molecule has 0 fully saturated rings. The van der Waals surface area contributed by atoms with Gasteiger partial charge in [-0.05, 0) is 36.9 Å². The Kier molecular flexibility index (Phi) is 5.20. The molecular weight excluding hydrogens is 352 g/mol. The number of aromatic nitrogens is 2. The summed E-state index contributed by atoms with van der Waals surface area (Å²) in [5.74, 6) is 0.280. The topological polar surface area (TPSA) is 52.0 Å². The largest absolute Gasteiger partial charge is 0.293 e. The quantitative estimate of drug-likeness (QED) is 0.282. The third-order valence-electron chi connectivity index (χ3n) is 3.89. The van der Waals surface area contributed by atoms with Crippen LogP contribution in [0, 0.1) is 13.8 Å². The Morgan fingerprint density at radius 1 is 1.36 bits per heavy atom. The van der Waals surface area contributed by atoms with E-state index in [4.69, 9.17) is 0 Å². The van der Waals surface area contributed by atoms with Gasteiger partial charge in [0.05, 0.1) is 11.1 Å². The van der Waals surface area contributed by atoms with Crippen molar-refractivity contribution in [2.75, 3.05) is 5.75 Å². The van der Waals surface area contributed by atoms with Crippen LogP contribution in [-0.4, -0.2) is 21.1 Å². The Morgan fingerprint density at radius 3 is 2.92 bits per heavy atom. The SMILES string of the molecule is C=CCn1c(SCC(=O)c2cc(C)ccc2C)nc2sccc2c1=O. The van der Waals surface area contributed by atoms with Crippen molar-refractivity contribution in [1.29, 1.82) is 0 Å². The molecule has 0 amide bonds. The van der Waals surface area contributed by atoms with E-state index in [-0.39, 0.29) is 17.1 Å². The molecule has 0 unspecified atom stereocenters. The molecule has 3 rings (SSSR count). The summed E-state index contributed by atoms with van der Waals surface area (Å²) in [4.78, 5) is 30.5. The van der Waals surface area contributed by atoms with E-state index in [0.717, 1.165) is 16.7 Å². The maximum Gasteiger partial charge on any atom is 0.263 e. The summed E-state index contributed by atoms with van der Waals surface area (Å²) >= 11 is 2.73. The predicted molar refractivity (Wildman–Crippen MR) is 105 cm³/mol. The van der Waals surface area contributed by atoms with Crippen LogP contribution in [0.4, 0.5) is 0 Å². The smallest absolute Gasteiger partial charge is 0.263 e. The molecule has 25 heavy (non-hydrogen) atoms. The number of hydrogen-bond acceptors (Lipinski definition) is 5. The van der Waals surface area contributed by atoms with Gasteiger partial charge in [-0.3, -0.25) is 14.2 Å². The average molecular weight is 370 g/mol. The number of ketones is 1. The molecule has 2 heterocycles. The number of thioether (sulfide) groups is 1. The number of Topliss-reactive ketones (excluding diaryl/α,β-unsaturated/α-hetero) is 1. The first kappa shape index (κ1) is 17.6. The molecule has 0 saturated carbocycles. The van der Waals surface area contributed by atoms with Gasteiger partial charge in [-0.15, -0.1) is 17.9 Å². The van der Waals surface area contributed by atoms with Crippen molar-refractivity contribution >= 4 is 39.1 Å². The molecule has 128 valence electrons. The zero-order chi connectivity index (χ0) is 18.0. The van der Waals surface area contributed by atoms with E-state index < -0.39 is 0 Å². The molecule has 0 spiro atoms. The number of hydrogen-bond donors (Lipinski definition) is 0. The monoisotopic (exact) mass is 370 g/mol. The first-order valence-electron chi connectivity index (χ1n) is 7.83. The molecule has 3 aromatic rings. The van der Waals surface area contributed by atoms with Gasteiger partial charge in [0.1, 0.15) is 4.83 Å². The molecule has 0 bridgehead atoms. The maximum atomic E-state index is 12.6. The van der Waals surface area contributed by atoms with Crippen molar-refractivity contribution in [3.05, 3.63) is 69.3 Å². The van der Waals surface area contributed by atoms with E-state index in [0.29, 0.717) is 21.9 Å². The van der Waals surface area contributed by atoms with E-state index in [1.165, 1.54) is 23.1 Å². The van der Waals surface area contributed by atoms with E-state index >= 15 is 0 Å². The molecular formula is C19H18N2O2S2. The molecule has 0 aliphatic carbocycles. The Labute approximate surface area is 154 Å². The van der Waals surface area contributed by atoms with Gasteiger partial charge in [-0.2, -0.15) is 0 Å². The molecule has 0 saturated heterocycles. The highest BCUT2D eigenvalue weighted by molar-refractivity contribution is 7.99. The minimum absolute atomic E-state index is 0.0388. The predicted octanol–water partition coefficient (Wildman–Crippen LogP) is 4.24. The second-order valence-corrected chi connectivity index (χ2v) is 7.61. The van der Waals surface area contributed by atoms with Gasteiger partial charge < -0.3 is 0 Å². The summed E-state index contributed by atoms with van der Waals surface area (Å²) < 4.78 is 1.57. The number of carbonyl (C=O) groups is 1. The van der Waals surface area contributed by atoms with Gasteiger partial charge in [-0.1, -0.05) is 35.5 Å². The lowest BCUT2D eigenvalue weighted by Gasteiger charge is -2.10. The van der Waals surface area contributed by atoms with Gasteiger partial charge in [0, 0.05) is 12.1 Å². The first-order valence-corrected chi connectivity index (χ1v) is 9.70. The Balaban J connectivity index is 1.91. The fraction of sp³-hybridized carbons (Fsp3) is 0.211. The highest BCUT2D eigenvalue weighted by atomic mass is 32.2. The van der Waals surface area contributed by atoms with Crippen LogP contribution in [0.1, 0.15) is 21.5 Å². The van der Waals surface area contributed by atoms with Crippen molar-refractivity contribution in [2.45, 2.75) is 25.5 Å². The summed E-state index contributed by atoms with van der Waals surface area (Å²) in [5.41, 5.74) is 2.65. The summed E-state index contributed by atoms with van der Waals surface area (Å²) in [6, 6.07) is 7.64. The van der Waals surface area contributed by atoms with E-state index in [9.17, 15) is 9.59 Å². The number of carbonyl (C=O) groups excluding carboxylic acids is 1. The van der Waals surface area contributed by atoms with Crippen molar-refractivity contribution in [3.63, 3.8) is 0 Å². The Bertz CT molecular complexity index is 1020. The van der Waals surface area contributed by atoms with Crippen molar-refractivity contribution in [1.82, 2.24) is 9.55 Å². The van der Waals surface area contributed by atoms with E-state index in [1.807, 2.05) is 37.4 Å². The summed E-state index contributed by atoms with van der Waals surface area (Å²) in [6.07, 6.45) is 1.66. The standard InChI is InChI=1S/C19H18N2O2S2/c1-4-8-21-18(23)14-7-9-24-17(14)20-19(21)25-11-16(22)15-10-12(2)5-6-13(15)3/h4-7,9-10H,1,8,11H2,2-3H3. The summed E-state index contributed by atoms with van der Waals surface area (Å²) in [6.45, 7) is 7.98. The van der Waals surface area contributed by atoms with Crippen LogP contribution in [0.3, 0.4) is 0 Å². The van der Waals surface area contributed by atoms with Crippen LogP contribution < -0.4 is 5.56 Å². The molecule has 0 radical (unpaired) electrons. The summed E-state index contributed by atoms with van der Waals surface area (Å²) in [7, 11) is 0. The number of aryl methyl sites for hydroxylation is 2. The van der Waals surface area contributed by atoms with E-state index in [1.54, 1.807) is 16.7 Å². The fourth-order valence-corrected chi connectivity index (χ4v) is 4.27. The highest BCUT2D eigenvalue weighted by Crippen LogP contribution is 2.23. The average Bonchev–Trinajstić information content (AvgIpc) is 3.06. The van der Waals surface area contributed by atoms with Gasteiger partial charge in [0.2, 0.25) is 0 Å². The minimum atomic E-state index is -0.0900. The van der Waals surface area contributed by atoms with Crippen LogP contribution in [0.2, 0.25) is 0 Å². The van der Waals surface area contributed by atoms with Crippen LogP contribution in [0.5, 0.6) is 0 Å². The van der Waals surface area contributed by atoms with Crippen LogP contribution >= 0.6 is 23.1 Å². The second kappa shape index (κ2) is 7.37. The van der Waals surface area contributed by atoms with E-state index in [2.05, 4.69) is 11.6 Å². The fourth-order valence-electron chi connectivity index (χ4n) is 2.57. The molecule has 1 aromatic carbocycles. The van der Waals surface area contributed by atoms with Crippen molar-refractivity contribution in [3.8, 4) is 0 Å². The maximum absolute atomic E-state index is 12.6. The van der Waals surface area contributed by atoms with Gasteiger partial charge in [0.15, 0.2) is 10.9 Å². The second-order valence-electron chi connectivity index (χ2n) is 5.77. The molecule has 4 nitrogen and oxygen atoms in total. The zero-order valence-electron chi connectivity index (χ0n) is 14.1. The number of nitrogens with zero attached hydrogens (tertiary/aromatic N) is 2. The third kappa shape index (κ3) is 3.60. The zero-order valence-corrected chi connectivity index (χ0v) is 15.7. The molecule has 2 aromatic heterocycles. The highest BCUT2D eigenvalue weighted by Gasteiger charge is 2.15. The molecule has 0 aliphatic rings. The lowest BCUT2D eigenvalue weighted by Crippen LogP contribution is -2.22. The van der Waals surface area contributed by atoms with Gasteiger partial charge in [0.25, 0.3) is 5.56 Å².